The summed E-state index contributed by atoms with van der Waals surface area (Å²) in [7, 11) is 0. The van der Waals surface area contributed by atoms with Crippen LogP contribution in [0.5, 0.6) is 0 Å². The number of amides is 1. The van der Waals surface area contributed by atoms with E-state index in [2.05, 4.69) is 15.4 Å². The molecule has 0 unspecified atom stereocenters. The predicted molar refractivity (Wildman–Crippen MR) is 96.7 cm³/mol. The van der Waals surface area contributed by atoms with Gasteiger partial charge < -0.3 is 16.2 Å². The highest BCUT2D eigenvalue weighted by atomic mass is 19.4. The zero-order chi connectivity index (χ0) is 22.9. The molecule has 170 valence electrons. The molecule has 2 saturated carbocycles. The number of nitrogens with two attached hydrogens (primary N) is 1. The fraction of sp³-hybridized carbons (Fsp3) is 0.556. The number of nitrogens with zero attached hydrogens (tertiary/aromatic N) is 3. The number of carbonyl (C=O) groups is 2. The third-order valence-corrected chi connectivity index (χ3v) is 5.11. The molecular weight excluding hydrogens is 429 g/mol. The number of hydrogen-bond donors (Lipinski definition) is 3. The average molecular weight is 449 g/mol. The van der Waals surface area contributed by atoms with Crippen molar-refractivity contribution in [3.8, 4) is 0 Å². The Bertz CT molecular complexity index is 973. The van der Waals surface area contributed by atoms with Gasteiger partial charge in [0.15, 0.2) is 5.65 Å². The number of alkyl halides is 5. The third kappa shape index (κ3) is 5.27. The van der Waals surface area contributed by atoms with Gasteiger partial charge in [-0.1, -0.05) is 0 Å². The molecule has 2 aromatic rings. The molecule has 2 fully saturated rings. The first-order chi connectivity index (χ1) is 14.5. The lowest BCUT2D eigenvalue weighted by atomic mass is 10.1. The van der Waals surface area contributed by atoms with Crippen molar-refractivity contribution in [1.29, 1.82) is 0 Å². The molecule has 2 heterocycles. The van der Waals surface area contributed by atoms with Gasteiger partial charge in [-0.05, 0) is 38.2 Å². The summed E-state index contributed by atoms with van der Waals surface area (Å²) in [5, 5.41) is 14.0. The summed E-state index contributed by atoms with van der Waals surface area (Å²) in [6.45, 7) is 0. The molecule has 2 aliphatic rings. The van der Waals surface area contributed by atoms with Crippen LogP contribution in [0.25, 0.3) is 5.65 Å². The highest BCUT2D eigenvalue weighted by molar-refractivity contribution is 5.99. The number of aliphatic carboxylic acids is 1. The Morgan fingerprint density at radius 2 is 1.87 bits per heavy atom. The van der Waals surface area contributed by atoms with Crippen molar-refractivity contribution in [3.05, 3.63) is 29.2 Å². The maximum absolute atomic E-state index is 13.3. The van der Waals surface area contributed by atoms with Gasteiger partial charge in [0, 0.05) is 23.7 Å². The monoisotopic (exact) mass is 449 g/mol. The second-order valence-electron chi connectivity index (χ2n) is 7.45. The Morgan fingerprint density at radius 3 is 2.35 bits per heavy atom. The Labute approximate surface area is 172 Å². The van der Waals surface area contributed by atoms with Gasteiger partial charge in [-0.15, -0.1) is 0 Å². The lowest BCUT2D eigenvalue weighted by Crippen LogP contribution is -2.44. The lowest BCUT2D eigenvalue weighted by molar-refractivity contribution is -0.192. The molecule has 2 aliphatic carbocycles. The van der Waals surface area contributed by atoms with E-state index in [0.717, 1.165) is 36.6 Å². The topological polar surface area (TPSA) is 123 Å². The number of carbonyl (C=O) groups excluding carboxylic acids is 1. The van der Waals surface area contributed by atoms with Crippen LogP contribution in [-0.2, 0) is 4.79 Å². The Morgan fingerprint density at radius 1 is 1.23 bits per heavy atom. The quantitative estimate of drug-likeness (QED) is 0.617. The van der Waals surface area contributed by atoms with Crippen molar-refractivity contribution in [2.24, 2.45) is 5.73 Å². The molecule has 4 N–H and O–H groups in total. The molecule has 4 rings (SSSR count). The molecule has 0 radical (unpaired) electrons. The summed E-state index contributed by atoms with van der Waals surface area (Å²) in [6.07, 6.45) is -1.89. The van der Waals surface area contributed by atoms with E-state index in [1.54, 1.807) is 0 Å². The zero-order valence-corrected chi connectivity index (χ0v) is 16.1. The number of hydrogen-bond acceptors (Lipinski definition) is 5. The van der Waals surface area contributed by atoms with Gasteiger partial charge in [-0.25, -0.2) is 23.1 Å². The van der Waals surface area contributed by atoms with Gasteiger partial charge in [-0.2, -0.15) is 18.3 Å². The van der Waals surface area contributed by atoms with Crippen molar-refractivity contribution in [2.45, 2.75) is 62.7 Å². The van der Waals surface area contributed by atoms with E-state index in [1.165, 1.54) is 12.3 Å². The van der Waals surface area contributed by atoms with Gasteiger partial charge in [0.05, 0.1) is 6.20 Å². The van der Waals surface area contributed by atoms with E-state index < -0.39 is 18.6 Å². The molecular formula is C18H20F5N5O3. The fourth-order valence-electron chi connectivity index (χ4n) is 3.32. The van der Waals surface area contributed by atoms with E-state index in [-0.39, 0.29) is 40.8 Å². The maximum atomic E-state index is 13.3. The third-order valence-electron chi connectivity index (χ3n) is 5.11. The number of nitrogens with one attached hydrogen (secondary N) is 1. The van der Waals surface area contributed by atoms with Crippen LogP contribution in [0.4, 0.5) is 22.0 Å². The first-order valence-corrected chi connectivity index (χ1v) is 9.52. The van der Waals surface area contributed by atoms with Crippen molar-refractivity contribution in [3.63, 3.8) is 0 Å². The lowest BCUT2D eigenvalue weighted by Gasteiger charge is -2.16. The normalized spacial score (nSPS) is 21.1. The van der Waals surface area contributed by atoms with Crippen LogP contribution < -0.4 is 11.1 Å². The largest absolute Gasteiger partial charge is 0.490 e. The number of fused-ring (bicyclic) bond motifs is 1. The number of halogens is 5. The second-order valence-corrected chi connectivity index (χ2v) is 7.45. The van der Waals surface area contributed by atoms with Crippen LogP contribution in [0.3, 0.4) is 0 Å². The van der Waals surface area contributed by atoms with Crippen LogP contribution >= 0.6 is 0 Å². The highest BCUT2D eigenvalue weighted by Crippen LogP contribution is 2.40. The summed E-state index contributed by atoms with van der Waals surface area (Å²) in [4.78, 5) is 25.9. The Kier molecular flexibility index (Phi) is 6.43. The SMILES string of the molecule is N[C@@H]1CCC[C@@H]1NC(=O)c1cnn2c(C(F)F)cc(C3CC3)nc12.O=C(O)C(F)(F)F. The van der Waals surface area contributed by atoms with Gasteiger partial charge in [-0.3, -0.25) is 4.79 Å². The molecule has 31 heavy (non-hydrogen) atoms. The van der Waals surface area contributed by atoms with Crippen molar-refractivity contribution in [1.82, 2.24) is 19.9 Å². The van der Waals surface area contributed by atoms with Gasteiger partial charge >= 0.3 is 12.1 Å². The molecule has 0 bridgehead atoms. The number of carboxylic acid groups (broad SMARTS) is 1. The van der Waals surface area contributed by atoms with Crippen LogP contribution in [0.1, 0.15) is 66.2 Å². The van der Waals surface area contributed by atoms with E-state index in [9.17, 15) is 26.7 Å². The van der Waals surface area contributed by atoms with E-state index in [4.69, 9.17) is 15.6 Å². The van der Waals surface area contributed by atoms with E-state index in [0.29, 0.717) is 5.69 Å². The maximum Gasteiger partial charge on any atom is 0.490 e. The molecule has 2 atom stereocenters. The van der Waals surface area contributed by atoms with E-state index >= 15 is 0 Å². The molecule has 0 saturated heterocycles. The zero-order valence-electron chi connectivity index (χ0n) is 16.1. The number of aromatic nitrogens is 3. The molecule has 2 aromatic heterocycles. The molecule has 1 amide bonds. The smallest absolute Gasteiger partial charge is 0.475 e. The standard InChI is InChI=1S/C16H19F2N5O.C2HF3O2/c17-14(18)13-6-12(8-4-5-8)21-15-9(7-20-23(13)15)16(24)22-11-3-1-2-10(11)19;3-2(4,5)1(6)7/h6-8,10-11,14H,1-5,19H2,(H,22,24);(H,6,7)/t10-,11+;/m1./s1. The minimum Gasteiger partial charge on any atom is -0.475 e. The van der Waals surface area contributed by atoms with Crippen molar-refractivity contribution in [2.75, 3.05) is 0 Å². The predicted octanol–water partition coefficient (Wildman–Crippen LogP) is 2.79. The van der Waals surface area contributed by atoms with Crippen LogP contribution in [0.15, 0.2) is 12.3 Å². The summed E-state index contributed by atoms with van der Waals surface area (Å²) in [6, 6.07) is 1.24. The van der Waals surface area contributed by atoms with Gasteiger partial charge in [0.1, 0.15) is 11.3 Å². The minimum absolute atomic E-state index is 0.0672. The summed E-state index contributed by atoms with van der Waals surface area (Å²) in [5.41, 5.74) is 6.79. The summed E-state index contributed by atoms with van der Waals surface area (Å²) in [5.74, 6) is -2.90. The molecule has 0 spiro atoms. The minimum atomic E-state index is -5.08. The average Bonchev–Trinajstić information content (AvgIpc) is 3.33. The van der Waals surface area contributed by atoms with Crippen molar-refractivity contribution < 1.29 is 36.6 Å². The van der Waals surface area contributed by atoms with Crippen LogP contribution in [0, 0.1) is 0 Å². The first-order valence-electron chi connectivity index (χ1n) is 9.52. The van der Waals surface area contributed by atoms with Crippen LogP contribution in [-0.4, -0.2) is 49.8 Å². The van der Waals surface area contributed by atoms with Gasteiger partial charge in [0.2, 0.25) is 0 Å². The molecule has 0 aromatic carbocycles. The molecule has 8 nitrogen and oxygen atoms in total. The Balaban J connectivity index is 0.000000339. The van der Waals surface area contributed by atoms with Crippen molar-refractivity contribution >= 4 is 17.5 Å². The Hall–Kier alpha value is -2.83. The van der Waals surface area contributed by atoms with Crippen LogP contribution in [0.2, 0.25) is 0 Å². The second kappa shape index (κ2) is 8.73. The fourth-order valence-corrected chi connectivity index (χ4v) is 3.32. The number of rotatable bonds is 4. The summed E-state index contributed by atoms with van der Waals surface area (Å²) >= 11 is 0. The first kappa shape index (κ1) is 22.8. The van der Waals surface area contributed by atoms with Gasteiger partial charge in [0.25, 0.3) is 12.3 Å². The molecule has 0 aliphatic heterocycles. The van der Waals surface area contributed by atoms with E-state index in [1.807, 2.05) is 0 Å². The summed E-state index contributed by atoms with van der Waals surface area (Å²) < 4.78 is 59.5. The highest BCUT2D eigenvalue weighted by Gasteiger charge is 2.38. The molecule has 13 heteroatoms. The number of carboxylic acids is 1.